The molecule has 2 aliphatic rings. The summed E-state index contributed by atoms with van der Waals surface area (Å²) >= 11 is 4.04. The molecule has 1 N–H and O–H groups in total. The largest absolute Gasteiger partial charge is 0.391 e. The molecule has 76 valence electrons. The van der Waals surface area contributed by atoms with Gasteiger partial charge in [0.25, 0.3) is 0 Å². The fourth-order valence-corrected chi connectivity index (χ4v) is 5.68. The molecule has 0 aromatic heterocycles. The van der Waals surface area contributed by atoms with Crippen molar-refractivity contribution in [3.05, 3.63) is 0 Å². The van der Waals surface area contributed by atoms with E-state index in [0.717, 1.165) is 6.42 Å². The van der Waals surface area contributed by atoms with E-state index in [9.17, 15) is 5.11 Å². The molecule has 1 unspecified atom stereocenters. The molecule has 13 heavy (non-hydrogen) atoms. The average Bonchev–Trinajstić information content (AvgIpc) is 2.33. The summed E-state index contributed by atoms with van der Waals surface area (Å²) in [5.41, 5.74) is 0. The summed E-state index contributed by atoms with van der Waals surface area (Å²) in [5.74, 6) is 2.51. The Morgan fingerprint density at radius 2 is 1.77 bits per heavy atom. The molecule has 1 aliphatic carbocycles. The molecule has 2 fully saturated rings. The Morgan fingerprint density at radius 1 is 1.00 bits per heavy atom. The van der Waals surface area contributed by atoms with E-state index < -0.39 is 0 Å². The van der Waals surface area contributed by atoms with Gasteiger partial charge in [-0.25, -0.2) is 0 Å². The summed E-state index contributed by atoms with van der Waals surface area (Å²) in [6.07, 6.45) is 7.39. The highest BCUT2D eigenvalue weighted by molar-refractivity contribution is 8.18. The Balaban J connectivity index is 2.06. The third-order valence-electron chi connectivity index (χ3n) is 2.99. The van der Waals surface area contributed by atoms with Gasteiger partial charge in [0.15, 0.2) is 0 Å². The highest BCUT2D eigenvalue weighted by Gasteiger charge is 2.40. The zero-order chi connectivity index (χ0) is 9.15. The minimum absolute atomic E-state index is 0.0506. The SMILES string of the molecule is OC1CCCCCC12SCCCS2. The van der Waals surface area contributed by atoms with Gasteiger partial charge >= 0.3 is 0 Å². The fourth-order valence-electron chi connectivity index (χ4n) is 2.20. The molecule has 0 bridgehead atoms. The van der Waals surface area contributed by atoms with Gasteiger partial charge in [-0.05, 0) is 30.8 Å². The highest BCUT2D eigenvalue weighted by atomic mass is 32.2. The summed E-state index contributed by atoms with van der Waals surface area (Å²) in [5, 5.41) is 10.1. The maximum atomic E-state index is 10.1. The highest BCUT2D eigenvalue weighted by Crippen LogP contribution is 2.50. The molecule has 2 rings (SSSR count). The molecule has 0 aromatic carbocycles. The number of rotatable bonds is 0. The van der Waals surface area contributed by atoms with E-state index in [2.05, 4.69) is 0 Å². The van der Waals surface area contributed by atoms with Crippen LogP contribution in [0.15, 0.2) is 0 Å². The van der Waals surface area contributed by atoms with Crippen LogP contribution < -0.4 is 0 Å². The van der Waals surface area contributed by atoms with Gasteiger partial charge in [-0.2, -0.15) is 0 Å². The van der Waals surface area contributed by atoms with Crippen LogP contribution in [0, 0.1) is 0 Å². The predicted molar refractivity (Wildman–Crippen MR) is 61.4 cm³/mol. The molecule has 0 amide bonds. The monoisotopic (exact) mass is 218 g/mol. The molecule has 0 radical (unpaired) electrons. The molecule has 0 aromatic rings. The van der Waals surface area contributed by atoms with E-state index in [4.69, 9.17) is 0 Å². The maximum Gasteiger partial charge on any atom is 0.0868 e. The second-order valence-electron chi connectivity index (χ2n) is 3.98. The van der Waals surface area contributed by atoms with Gasteiger partial charge in [0.05, 0.1) is 10.2 Å². The van der Waals surface area contributed by atoms with E-state index in [0.29, 0.717) is 0 Å². The van der Waals surface area contributed by atoms with Crippen LogP contribution in [0.2, 0.25) is 0 Å². The summed E-state index contributed by atoms with van der Waals surface area (Å²) in [4.78, 5) is 0. The number of aliphatic hydroxyl groups is 1. The van der Waals surface area contributed by atoms with Crippen molar-refractivity contribution in [2.75, 3.05) is 11.5 Å². The van der Waals surface area contributed by atoms with Gasteiger partial charge in [-0.1, -0.05) is 19.3 Å². The van der Waals surface area contributed by atoms with Crippen LogP contribution in [0.25, 0.3) is 0 Å². The third kappa shape index (κ3) is 2.18. The first-order valence-electron chi connectivity index (χ1n) is 5.29. The van der Waals surface area contributed by atoms with E-state index >= 15 is 0 Å². The fraction of sp³-hybridized carbons (Fsp3) is 1.00. The second-order valence-corrected chi connectivity index (χ2v) is 7.09. The van der Waals surface area contributed by atoms with Gasteiger partial charge in [0.1, 0.15) is 0 Å². The van der Waals surface area contributed by atoms with E-state index in [1.54, 1.807) is 0 Å². The Kier molecular flexibility index (Phi) is 3.49. The molecule has 3 heteroatoms. The van der Waals surface area contributed by atoms with Crippen molar-refractivity contribution in [2.24, 2.45) is 0 Å². The van der Waals surface area contributed by atoms with E-state index in [1.807, 2.05) is 23.5 Å². The van der Waals surface area contributed by atoms with Crippen molar-refractivity contribution in [1.29, 1.82) is 0 Å². The summed E-state index contributed by atoms with van der Waals surface area (Å²) in [7, 11) is 0. The molecule has 1 heterocycles. The first-order chi connectivity index (χ1) is 6.33. The van der Waals surface area contributed by atoms with Crippen molar-refractivity contribution in [3.63, 3.8) is 0 Å². The quantitative estimate of drug-likeness (QED) is 0.675. The van der Waals surface area contributed by atoms with E-state index in [1.165, 1.54) is 43.6 Å². The molecule has 1 spiro atoms. The van der Waals surface area contributed by atoms with Crippen molar-refractivity contribution in [1.82, 2.24) is 0 Å². The number of hydrogen-bond acceptors (Lipinski definition) is 3. The third-order valence-corrected chi connectivity index (χ3v) is 6.61. The minimum atomic E-state index is -0.0506. The van der Waals surface area contributed by atoms with Crippen LogP contribution >= 0.6 is 23.5 Å². The lowest BCUT2D eigenvalue weighted by Gasteiger charge is -2.38. The maximum absolute atomic E-state index is 10.1. The first kappa shape index (κ1) is 10.2. The first-order valence-corrected chi connectivity index (χ1v) is 7.27. The van der Waals surface area contributed by atoms with Crippen LogP contribution in [-0.4, -0.2) is 26.8 Å². The molecule has 1 saturated heterocycles. The Bertz CT molecular complexity index is 166. The van der Waals surface area contributed by atoms with Gasteiger partial charge in [0, 0.05) is 0 Å². The van der Waals surface area contributed by atoms with Crippen LogP contribution in [0.4, 0.5) is 0 Å². The van der Waals surface area contributed by atoms with Crippen molar-refractivity contribution in [3.8, 4) is 0 Å². The van der Waals surface area contributed by atoms with Crippen LogP contribution in [0.1, 0.15) is 38.5 Å². The normalized spacial score (nSPS) is 34.4. The van der Waals surface area contributed by atoms with Crippen LogP contribution in [-0.2, 0) is 0 Å². The van der Waals surface area contributed by atoms with Crippen molar-refractivity contribution < 1.29 is 5.11 Å². The summed E-state index contributed by atoms with van der Waals surface area (Å²) in [6, 6.07) is 0. The van der Waals surface area contributed by atoms with Crippen LogP contribution in [0.3, 0.4) is 0 Å². The lowest BCUT2D eigenvalue weighted by molar-refractivity contribution is 0.152. The number of aliphatic hydroxyl groups excluding tert-OH is 1. The smallest absolute Gasteiger partial charge is 0.0868 e. The van der Waals surface area contributed by atoms with Gasteiger partial charge in [-0.15, -0.1) is 23.5 Å². The zero-order valence-electron chi connectivity index (χ0n) is 8.00. The molecule has 1 atom stereocenters. The van der Waals surface area contributed by atoms with Crippen molar-refractivity contribution in [2.45, 2.75) is 48.7 Å². The number of thioether (sulfide) groups is 2. The Morgan fingerprint density at radius 3 is 2.54 bits per heavy atom. The van der Waals surface area contributed by atoms with Crippen molar-refractivity contribution >= 4 is 23.5 Å². The van der Waals surface area contributed by atoms with E-state index in [-0.39, 0.29) is 10.2 Å². The lowest BCUT2D eigenvalue weighted by atomic mass is 10.1. The molecule has 1 saturated carbocycles. The molecular formula is C10H18OS2. The minimum Gasteiger partial charge on any atom is -0.391 e. The zero-order valence-corrected chi connectivity index (χ0v) is 9.63. The Labute approximate surface area is 89.1 Å². The molecular weight excluding hydrogens is 200 g/mol. The van der Waals surface area contributed by atoms with Crippen LogP contribution in [0.5, 0.6) is 0 Å². The molecule has 1 aliphatic heterocycles. The van der Waals surface area contributed by atoms with Gasteiger partial charge in [0.2, 0.25) is 0 Å². The average molecular weight is 218 g/mol. The predicted octanol–water partition coefficient (Wildman–Crippen LogP) is 2.88. The lowest BCUT2D eigenvalue weighted by Crippen LogP contribution is -2.37. The standard InChI is InChI=1S/C10H18OS2/c11-9-5-2-1-3-6-10(9)12-7-4-8-13-10/h9,11H,1-8H2. The summed E-state index contributed by atoms with van der Waals surface area (Å²) < 4.78 is 0.189. The summed E-state index contributed by atoms with van der Waals surface area (Å²) in [6.45, 7) is 0. The Hall–Kier alpha value is 0.660. The second kappa shape index (κ2) is 4.45. The van der Waals surface area contributed by atoms with Gasteiger partial charge < -0.3 is 5.11 Å². The number of hydrogen-bond donors (Lipinski definition) is 1. The topological polar surface area (TPSA) is 20.2 Å². The molecule has 1 nitrogen and oxygen atoms in total. The van der Waals surface area contributed by atoms with Gasteiger partial charge in [-0.3, -0.25) is 0 Å².